The molecule has 0 radical (unpaired) electrons. The van der Waals surface area contributed by atoms with Crippen LogP contribution in [0.15, 0.2) is 30.3 Å². The molecule has 0 spiro atoms. The summed E-state index contributed by atoms with van der Waals surface area (Å²) < 4.78 is 0. The Hall–Kier alpha value is -0.530. The van der Waals surface area contributed by atoms with Gasteiger partial charge in [0.1, 0.15) is 4.87 Å². The SMILES string of the molecule is CC(Cl)(C(=O)Cl)c1ccccc1. The monoisotopic (exact) mass is 202 g/mol. The van der Waals surface area contributed by atoms with Gasteiger partial charge in [0.2, 0.25) is 5.24 Å². The molecular weight excluding hydrogens is 195 g/mol. The summed E-state index contributed by atoms with van der Waals surface area (Å²) in [7, 11) is 0. The van der Waals surface area contributed by atoms with E-state index in [1.807, 2.05) is 18.2 Å². The van der Waals surface area contributed by atoms with Gasteiger partial charge in [0, 0.05) is 0 Å². The number of carbonyl (C=O) groups excluding carboxylic acids is 1. The van der Waals surface area contributed by atoms with Crippen molar-refractivity contribution < 1.29 is 4.79 Å². The molecule has 1 unspecified atom stereocenters. The highest BCUT2D eigenvalue weighted by Gasteiger charge is 2.30. The number of alkyl halides is 1. The molecule has 0 heterocycles. The third-order valence-corrected chi connectivity index (χ3v) is 2.55. The number of hydrogen-bond donors (Lipinski definition) is 0. The van der Waals surface area contributed by atoms with Crippen molar-refractivity contribution in [3.8, 4) is 0 Å². The lowest BCUT2D eigenvalue weighted by atomic mass is 10.0. The van der Waals surface area contributed by atoms with Gasteiger partial charge in [0.15, 0.2) is 0 Å². The Morgan fingerprint density at radius 2 is 1.83 bits per heavy atom. The summed E-state index contributed by atoms with van der Waals surface area (Å²) in [5, 5.41) is -0.560. The number of rotatable bonds is 2. The predicted molar refractivity (Wildman–Crippen MR) is 50.5 cm³/mol. The van der Waals surface area contributed by atoms with E-state index in [-0.39, 0.29) is 0 Å². The van der Waals surface area contributed by atoms with Crippen molar-refractivity contribution >= 4 is 28.4 Å². The average molecular weight is 203 g/mol. The maximum atomic E-state index is 10.9. The molecule has 0 N–H and O–H groups in total. The molecule has 0 bridgehead atoms. The van der Waals surface area contributed by atoms with Crippen LogP contribution in [0.4, 0.5) is 0 Å². The third-order valence-electron chi connectivity index (χ3n) is 1.69. The van der Waals surface area contributed by atoms with Crippen molar-refractivity contribution in [3.05, 3.63) is 35.9 Å². The van der Waals surface area contributed by atoms with Crippen molar-refractivity contribution in [1.29, 1.82) is 0 Å². The molecule has 64 valence electrons. The molecule has 0 aliphatic rings. The molecule has 12 heavy (non-hydrogen) atoms. The van der Waals surface area contributed by atoms with Crippen LogP contribution < -0.4 is 0 Å². The molecule has 1 nitrogen and oxygen atoms in total. The minimum absolute atomic E-state index is 0.560. The van der Waals surface area contributed by atoms with E-state index in [0.29, 0.717) is 5.56 Å². The lowest BCUT2D eigenvalue weighted by molar-refractivity contribution is -0.113. The first-order valence-electron chi connectivity index (χ1n) is 3.49. The van der Waals surface area contributed by atoms with Gasteiger partial charge in [0.05, 0.1) is 0 Å². The molecular formula is C9H8Cl2O. The number of hydrogen-bond acceptors (Lipinski definition) is 1. The maximum Gasteiger partial charge on any atom is 0.246 e. The third kappa shape index (κ3) is 1.79. The van der Waals surface area contributed by atoms with Crippen LogP contribution in [-0.2, 0) is 9.67 Å². The molecule has 1 atom stereocenters. The first-order valence-corrected chi connectivity index (χ1v) is 4.25. The van der Waals surface area contributed by atoms with Gasteiger partial charge in [-0.3, -0.25) is 4.79 Å². The molecule has 0 aromatic heterocycles. The van der Waals surface area contributed by atoms with Crippen LogP contribution in [-0.4, -0.2) is 5.24 Å². The van der Waals surface area contributed by atoms with Gasteiger partial charge in [-0.25, -0.2) is 0 Å². The molecule has 1 aromatic carbocycles. The average Bonchev–Trinajstić information content (AvgIpc) is 2.06. The Bertz CT molecular complexity index is 280. The van der Waals surface area contributed by atoms with Crippen LogP contribution >= 0.6 is 23.2 Å². The summed E-state index contributed by atoms with van der Waals surface area (Å²) in [4.78, 5) is 9.79. The van der Waals surface area contributed by atoms with E-state index in [2.05, 4.69) is 0 Å². The second kappa shape index (κ2) is 3.46. The molecule has 0 saturated heterocycles. The molecule has 1 rings (SSSR count). The van der Waals surface area contributed by atoms with Gasteiger partial charge in [-0.2, -0.15) is 0 Å². The number of halogens is 2. The fourth-order valence-corrected chi connectivity index (χ4v) is 1.10. The minimum Gasteiger partial charge on any atom is -0.279 e. The first-order chi connectivity index (χ1) is 5.55. The second-order valence-corrected chi connectivity index (χ2v) is 3.74. The summed E-state index contributed by atoms with van der Waals surface area (Å²) in [5.41, 5.74) is 0.715. The van der Waals surface area contributed by atoms with Gasteiger partial charge in [0.25, 0.3) is 0 Å². The maximum absolute atomic E-state index is 10.9. The lowest BCUT2D eigenvalue weighted by Gasteiger charge is -2.16. The van der Waals surface area contributed by atoms with Gasteiger partial charge >= 0.3 is 0 Å². The molecule has 0 aliphatic carbocycles. The van der Waals surface area contributed by atoms with Crippen LogP contribution in [0.2, 0.25) is 0 Å². The Kier molecular flexibility index (Phi) is 2.76. The van der Waals surface area contributed by atoms with Crippen LogP contribution in [0.5, 0.6) is 0 Å². The standard InChI is InChI=1S/C9H8Cl2O/c1-9(11,8(10)12)7-5-3-2-4-6-7/h2-6H,1H3. The highest BCUT2D eigenvalue weighted by molar-refractivity contribution is 6.70. The van der Waals surface area contributed by atoms with Crippen molar-refractivity contribution in [1.82, 2.24) is 0 Å². The van der Waals surface area contributed by atoms with Crippen molar-refractivity contribution in [2.75, 3.05) is 0 Å². The highest BCUT2D eigenvalue weighted by atomic mass is 35.5. The van der Waals surface area contributed by atoms with Crippen molar-refractivity contribution in [3.63, 3.8) is 0 Å². The first kappa shape index (κ1) is 9.56. The van der Waals surface area contributed by atoms with Gasteiger partial charge in [-0.05, 0) is 24.1 Å². The molecule has 0 aliphatic heterocycles. The second-order valence-electron chi connectivity index (χ2n) is 2.64. The smallest absolute Gasteiger partial charge is 0.246 e. The summed E-state index contributed by atoms with van der Waals surface area (Å²) in [6, 6.07) is 9.03. The van der Waals surface area contributed by atoms with Crippen LogP contribution in [0.1, 0.15) is 12.5 Å². The topological polar surface area (TPSA) is 17.1 Å². The summed E-state index contributed by atoms with van der Waals surface area (Å²) in [6.45, 7) is 1.58. The fourth-order valence-electron chi connectivity index (χ4n) is 0.865. The Morgan fingerprint density at radius 1 is 1.33 bits per heavy atom. The normalized spacial score (nSPS) is 15.2. The van der Waals surface area contributed by atoms with Gasteiger partial charge in [-0.15, -0.1) is 11.6 Å². The largest absolute Gasteiger partial charge is 0.279 e. The quantitative estimate of drug-likeness (QED) is 0.533. The summed E-state index contributed by atoms with van der Waals surface area (Å²) in [6.07, 6.45) is 0. The molecule has 0 saturated carbocycles. The van der Waals surface area contributed by atoms with E-state index in [1.54, 1.807) is 19.1 Å². The Labute approximate surface area is 81.3 Å². The zero-order chi connectivity index (χ0) is 9.19. The van der Waals surface area contributed by atoms with Gasteiger partial charge in [-0.1, -0.05) is 30.3 Å². The fraction of sp³-hybridized carbons (Fsp3) is 0.222. The van der Waals surface area contributed by atoms with E-state index in [0.717, 1.165) is 0 Å². The molecule has 0 fully saturated rings. The van der Waals surface area contributed by atoms with Crippen LogP contribution in [0.3, 0.4) is 0 Å². The van der Waals surface area contributed by atoms with Crippen LogP contribution in [0.25, 0.3) is 0 Å². The lowest BCUT2D eigenvalue weighted by Crippen LogP contribution is -2.21. The zero-order valence-electron chi connectivity index (χ0n) is 6.55. The molecule has 1 aromatic rings. The van der Waals surface area contributed by atoms with Crippen molar-refractivity contribution in [2.45, 2.75) is 11.8 Å². The van der Waals surface area contributed by atoms with Crippen molar-refractivity contribution in [2.24, 2.45) is 0 Å². The summed E-state index contributed by atoms with van der Waals surface area (Å²) in [5.74, 6) is 0. The highest BCUT2D eigenvalue weighted by Crippen LogP contribution is 2.30. The van der Waals surface area contributed by atoms with E-state index in [4.69, 9.17) is 23.2 Å². The van der Waals surface area contributed by atoms with Gasteiger partial charge < -0.3 is 0 Å². The van der Waals surface area contributed by atoms with E-state index in [1.165, 1.54) is 0 Å². The van der Waals surface area contributed by atoms with E-state index >= 15 is 0 Å². The number of benzene rings is 1. The zero-order valence-corrected chi connectivity index (χ0v) is 8.06. The minimum atomic E-state index is -1.11. The van der Waals surface area contributed by atoms with E-state index in [9.17, 15) is 4.79 Å². The predicted octanol–water partition coefficient (Wildman–Crippen LogP) is 2.91. The van der Waals surface area contributed by atoms with Crippen LogP contribution in [0, 0.1) is 0 Å². The Morgan fingerprint density at radius 3 is 2.25 bits per heavy atom. The summed E-state index contributed by atoms with van der Waals surface area (Å²) >= 11 is 11.2. The number of carbonyl (C=O) groups is 1. The molecule has 3 heteroatoms. The molecule has 0 amide bonds. The van der Waals surface area contributed by atoms with E-state index < -0.39 is 10.1 Å². The Balaban J connectivity index is 3.06.